The third-order valence-corrected chi connectivity index (χ3v) is 7.74. The highest BCUT2D eigenvalue weighted by molar-refractivity contribution is 7.92. The molecule has 1 unspecified atom stereocenters. The van der Waals surface area contributed by atoms with Crippen LogP contribution in [0.3, 0.4) is 0 Å². The Hall–Kier alpha value is -2.58. The van der Waals surface area contributed by atoms with E-state index < -0.39 is 16.0 Å². The molecule has 0 aromatic heterocycles. The Labute approximate surface area is 190 Å². The number of carbonyl (C=O) groups excluding carboxylic acids is 1. The van der Waals surface area contributed by atoms with Crippen molar-refractivity contribution >= 4 is 27.4 Å². The predicted octanol–water partition coefficient (Wildman–Crippen LogP) is 3.71. The summed E-state index contributed by atoms with van der Waals surface area (Å²) in [5, 5.41) is 6.73. The number of fused-ring (bicyclic) bond motifs is 1. The van der Waals surface area contributed by atoms with Crippen molar-refractivity contribution in [2.24, 2.45) is 0 Å². The maximum absolute atomic E-state index is 13.4. The van der Waals surface area contributed by atoms with Crippen LogP contribution in [0, 0.1) is 0 Å². The number of methoxy groups -OCH3 is 1. The van der Waals surface area contributed by atoms with Crippen LogP contribution in [0.1, 0.15) is 53.6 Å². The minimum Gasteiger partial charge on any atom is -0.465 e. The van der Waals surface area contributed by atoms with Gasteiger partial charge in [-0.1, -0.05) is 18.2 Å². The Kier molecular flexibility index (Phi) is 7.01. The number of ether oxygens (including phenoxy) is 1. The van der Waals surface area contributed by atoms with Gasteiger partial charge in [0.2, 0.25) is 0 Å². The normalized spacial score (nSPS) is 18.1. The zero-order chi connectivity index (χ0) is 22.6. The molecule has 3 N–H and O–H groups in total. The van der Waals surface area contributed by atoms with Crippen LogP contribution in [0.5, 0.6) is 0 Å². The summed E-state index contributed by atoms with van der Waals surface area (Å²) in [5.74, 6) is -0.517. The molecule has 7 nitrogen and oxygen atoms in total. The van der Waals surface area contributed by atoms with Gasteiger partial charge in [-0.25, -0.2) is 13.2 Å². The second kappa shape index (κ2) is 9.92. The summed E-state index contributed by atoms with van der Waals surface area (Å²) < 4.78 is 34.4. The number of para-hydroxylation sites is 1. The molecule has 2 aromatic rings. The lowest BCUT2D eigenvalue weighted by atomic mass is 9.87. The smallest absolute Gasteiger partial charge is 0.340 e. The zero-order valence-electron chi connectivity index (χ0n) is 18.4. The average Bonchev–Trinajstić information content (AvgIpc) is 3.32. The van der Waals surface area contributed by atoms with E-state index in [0.717, 1.165) is 56.2 Å². The molecule has 0 saturated carbocycles. The standard InChI is InChI=1S/C24H31N3O4S/c1-31-24(28)23-19-9-3-2-7-17(19)12-13-21(23)27-32(29,30)22-11-5-4-10-20(22)26-16-14-18-8-6-15-25-18/h4-5,10-13,18,25-27H,2-3,6-9,14-16H2,1H3. The molecule has 0 radical (unpaired) electrons. The van der Waals surface area contributed by atoms with Gasteiger partial charge >= 0.3 is 5.97 Å². The van der Waals surface area contributed by atoms with E-state index in [4.69, 9.17) is 4.74 Å². The fourth-order valence-electron chi connectivity index (χ4n) is 4.68. The molecule has 1 heterocycles. The van der Waals surface area contributed by atoms with Crippen molar-refractivity contribution in [1.29, 1.82) is 0 Å². The second-order valence-electron chi connectivity index (χ2n) is 8.43. The molecule has 8 heteroatoms. The van der Waals surface area contributed by atoms with E-state index in [1.807, 2.05) is 12.1 Å². The predicted molar refractivity (Wildman–Crippen MR) is 126 cm³/mol. The highest BCUT2D eigenvalue weighted by atomic mass is 32.2. The van der Waals surface area contributed by atoms with Gasteiger partial charge in [-0.2, -0.15) is 0 Å². The lowest BCUT2D eigenvalue weighted by Crippen LogP contribution is -2.24. The second-order valence-corrected chi connectivity index (χ2v) is 10.1. The first-order valence-corrected chi connectivity index (χ1v) is 12.8. The van der Waals surface area contributed by atoms with Crippen LogP contribution in [0.15, 0.2) is 41.3 Å². The van der Waals surface area contributed by atoms with E-state index >= 15 is 0 Å². The van der Waals surface area contributed by atoms with E-state index in [9.17, 15) is 13.2 Å². The molecular weight excluding hydrogens is 426 g/mol. The monoisotopic (exact) mass is 457 g/mol. The summed E-state index contributed by atoms with van der Waals surface area (Å²) >= 11 is 0. The maximum Gasteiger partial charge on any atom is 0.340 e. The fraction of sp³-hybridized carbons (Fsp3) is 0.458. The molecule has 1 aliphatic heterocycles. The Bertz CT molecular complexity index is 1080. The maximum atomic E-state index is 13.4. The van der Waals surface area contributed by atoms with Gasteiger partial charge in [-0.05, 0) is 80.8 Å². The highest BCUT2D eigenvalue weighted by Crippen LogP contribution is 2.32. The van der Waals surface area contributed by atoms with E-state index in [1.54, 1.807) is 24.3 Å². The largest absolute Gasteiger partial charge is 0.465 e. The molecule has 32 heavy (non-hydrogen) atoms. The van der Waals surface area contributed by atoms with Gasteiger partial charge in [-0.3, -0.25) is 4.72 Å². The Morgan fingerprint density at radius 1 is 1.09 bits per heavy atom. The molecule has 0 spiro atoms. The molecule has 4 rings (SSSR count). The van der Waals surface area contributed by atoms with Crippen molar-refractivity contribution < 1.29 is 17.9 Å². The summed E-state index contributed by atoms with van der Waals surface area (Å²) in [4.78, 5) is 12.7. The molecule has 172 valence electrons. The highest BCUT2D eigenvalue weighted by Gasteiger charge is 2.26. The van der Waals surface area contributed by atoms with Crippen molar-refractivity contribution in [2.45, 2.75) is 55.9 Å². The molecule has 2 aliphatic rings. The van der Waals surface area contributed by atoms with E-state index in [0.29, 0.717) is 23.8 Å². The minimum absolute atomic E-state index is 0.160. The first-order valence-electron chi connectivity index (χ1n) is 11.3. The van der Waals surface area contributed by atoms with Crippen LogP contribution in [-0.4, -0.2) is 40.6 Å². The van der Waals surface area contributed by atoms with Crippen molar-refractivity contribution in [3.05, 3.63) is 53.1 Å². The lowest BCUT2D eigenvalue weighted by Gasteiger charge is -2.22. The summed E-state index contributed by atoms with van der Waals surface area (Å²) in [7, 11) is -2.60. The Balaban J connectivity index is 1.59. The number of anilines is 2. The van der Waals surface area contributed by atoms with Gasteiger partial charge in [-0.15, -0.1) is 0 Å². The van der Waals surface area contributed by atoms with Gasteiger partial charge < -0.3 is 15.4 Å². The summed E-state index contributed by atoms with van der Waals surface area (Å²) in [6.07, 6.45) is 6.92. The van der Waals surface area contributed by atoms with Crippen LogP contribution < -0.4 is 15.4 Å². The SMILES string of the molecule is COC(=O)c1c(NS(=O)(=O)c2ccccc2NCCC2CCCN2)ccc2c1CCCC2. The molecule has 0 amide bonds. The lowest BCUT2D eigenvalue weighted by molar-refractivity contribution is 0.0600. The number of nitrogens with one attached hydrogen (secondary N) is 3. The van der Waals surface area contributed by atoms with Gasteiger partial charge in [0.15, 0.2) is 0 Å². The quantitative estimate of drug-likeness (QED) is 0.523. The van der Waals surface area contributed by atoms with Crippen LogP contribution in [0.4, 0.5) is 11.4 Å². The van der Waals surface area contributed by atoms with E-state index in [2.05, 4.69) is 15.4 Å². The van der Waals surface area contributed by atoms with Crippen LogP contribution in [0.25, 0.3) is 0 Å². The van der Waals surface area contributed by atoms with Gasteiger partial charge in [0.05, 0.1) is 24.0 Å². The van der Waals surface area contributed by atoms with Crippen LogP contribution >= 0.6 is 0 Å². The van der Waals surface area contributed by atoms with Crippen molar-refractivity contribution in [3.8, 4) is 0 Å². The average molecular weight is 458 g/mol. The van der Waals surface area contributed by atoms with Crippen molar-refractivity contribution in [1.82, 2.24) is 5.32 Å². The number of sulfonamides is 1. The van der Waals surface area contributed by atoms with Crippen LogP contribution in [-0.2, 0) is 27.6 Å². The van der Waals surface area contributed by atoms with Crippen LogP contribution in [0.2, 0.25) is 0 Å². The number of hydrogen-bond acceptors (Lipinski definition) is 6. The zero-order valence-corrected chi connectivity index (χ0v) is 19.3. The summed E-state index contributed by atoms with van der Waals surface area (Å²) in [6.45, 7) is 1.72. The number of carbonyl (C=O) groups is 1. The molecule has 1 saturated heterocycles. The third kappa shape index (κ3) is 4.91. The molecule has 1 aliphatic carbocycles. The number of aryl methyl sites for hydroxylation is 1. The van der Waals surface area contributed by atoms with E-state index in [-0.39, 0.29) is 10.6 Å². The minimum atomic E-state index is -3.92. The number of benzene rings is 2. The van der Waals surface area contributed by atoms with Crippen molar-refractivity contribution in [3.63, 3.8) is 0 Å². The first-order chi connectivity index (χ1) is 15.5. The number of rotatable bonds is 8. The van der Waals surface area contributed by atoms with Gasteiger partial charge in [0, 0.05) is 12.6 Å². The fourth-order valence-corrected chi connectivity index (χ4v) is 5.94. The Morgan fingerprint density at radius 2 is 1.91 bits per heavy atom. The number of esters is 1. The molecule has 0 bridgehead atoms. The first kappa shape index (κ1) is 22.6. The van der Waals surface area contributed by atoms with E-state index in [1.165, 1.54) is 13.5 Å². The number of hydrogen-bond donors (Lipinski definition) is 3. The van der Waals surface area contributed by atoms with Gasteiger partial charge in [0.1, 0.15) is 4.90 Å². The third-order valence-electron chi connectivity index (χ3n) is 6.31. The van der Waals surface area contributed by atoms with Gasteiger partial charge in [0.25, 0.3) is 10.0 Å². The summed E-state index contributed by atoms with van der Waals surface area (Å²) in [5.41, 5.74) is 3.12. The molecule has 1 atom stereocenters. The molecule has 2 aromatic carbocycles. The molecule has 1 fully saturated rings. The Morgan fingerprint density at radius 3 is 2.69 bits per heavy atom. The van der Waals surface area contributed by atoms with Crippen molar-refractivity contribution in [2.75, 3.05) is 30.2 Å². The molecular formula is C24H31N3O4S. The topological polar surface area (TPSA) is 96.5 Å². The summed E-state index contributed by atoms with van der Waals surface area (Å²) in [6, 6.07) is 10.9.